The van der Waals surface area contributed by atoms with Crippen molar-refractivity contribution in [3.05, 3.63) is 158 Å². The molecule has 0 aliphatic heterocycles. The molecule has 0 saturated heterocycles. The quantitative estimate of drug-likeness (QED) is 0.188. The molecule has 0 aliphatic carbocycles. The molecular weight excluding hydrogens is 576 g/mol. The average Bonchev–Trinajstić information content (AvgIpc) is 3.69. The lowest BCUT2D eigenvalue weighted by atomic mass is 10.0. The molecule has 4 aromatic heterocycles. The van der Waals surface area contributed by atoms with Gasteiger partial charge in [-0.25, -0.2) is 4.98 Å². The van der Waals surface area contributed by atoms with E-state index < -0.39 is 0 Å². The predicted molar refractivity (Wildman–Crippen MR) is 192 cm³/mol. The van der Waals surface area contributed by atoms with Crippen LogP contribution in [-0.4, -0.2) is 18.9 Å². The molecule has 47 heavy (non-hydrogen) atoms. The van der Waals surface area contributed by atoms with Gasteiger partial charge in [0, 0.05) is 39.0 Å². The van der Waals surface area contributed by atoms with Crippen LogP contribution >= 0.6 is 0 Å². The zero-order chi connectivity index (χ0) is 30.9. The van der Waals surface area contributed by atoms with Gasteiger partial charge in [-0.2, -0.15) is 0 Å². The molecule has 10 rings (SSSR count). The summed E-state index contributed by atoms with van der Waals surface area (Å²) in [6.07, 6.45) is 1.81. The van der Waals surface area contributed by atoms with Gasteiger partial charge >= 0.3 is 0 Å². The lowest BCUT2D eigenvalue weighted by Crippen LogP contribution is -1.95. The zero-order valence-electron chi connectivity index (χ0n) is 25.2. The molecule has 0 aliphatic rings. The fraction of sp³-hybridized carbons (Fsp3) is 0. The minimum atomic E-state index is 0.755. The van der Waals surface area contributed by atoms with Gasteiger partial charge in [0.25, 0.3) is 0 Å². The molecule has 0 bridgehead atoms. The van der Waals surface area contributed by atoms with Gasteiger partial charge in [-0.3, -0.25) is 9.38 Å². The molecule has 0 radical (unpaired) electrons. The van der Waals surface area contributed by atoms with Crippen molar-refractivity contribution in [2.75, 3.05) is 0 Å². The molecule has 5 heteroatoms. The van der Waals surface area contributed by atoms with Crippen molar-refractivity contribution in [1.82, 2.24) is 18.9 Å². The van der Waals surface area contributed by atoms with E-state index >= 15 is 0 Å². The van der Waals surface area contributed by atoms with Crippen LogP contribution in [0.2, 0.25) is 0 Å². The van der Waals surface area contributed by atoms with Gasteiger partial charge < -0.3 is 9.30 Å². The summed E-state index contributed by atoms with van der Waals surface area (Å²) in [5.41, 5.74) is 9.49. The Morgan fingerprint density at radius 2 is 1.30 bits per heavy atom. The van der Waals surface area contributed by atoms with Crippen molar-refractivity contribution in [2.45, 2.75) is 0 Å². The van der Waals surface area contributed by atoms with Gasteiger partial charge in [-0.1, -0.05) is 72.8 Å². The Morgan fingerprint density at radius 1 is 0.511 bits per heavy atom. The summed E-state index contributed by atoms with van der Waals surface area (Å²) < 4.78 is 11.2. The van der Waals surface area contributed by atoms with Crippen molar-refractivity contribution in [3.8, 4) is 28.4 Å². The molecular formula is C42H26N4O. The number of hydrogen-bond acceptors (Lipinski definition) is 3. The van der Waals surface area contributed by atoms with Gasteiger partial charge in [0.15, 0.2) is 0 Å². The first-order valence-electron chi connectivity index (χ1n) is 15.8. The second-order valence-electron chi connectivity index (χ2n) is 11.9. The first-order chi connectivity index (χ1) is 23.3. The van der Waals surface area contributed by atoms with Gasteiger partial charge in [0.2, 0.25) is 0 Å². The Morgan fingerprint density at radius 3 is 2.19 bits per heavy atom. The van der Waals surface area contributed by atoms with E-state index in [9.17, 15) is 0 Å². The van der Waals surface area contributed by atoms with Crippen LogP contribution in [0.1, 0.15) is 0 Å². The summed E-state index contributed by atoms with van der Waals surface area (Å²) in [6.45, 7) is 0. The highest BCUT2D eigenvalue weighted by Crippen LogP contribution is 2.42. The van der Waals surface area contributed by atoms with E-state index in [1.165, 1.54) is 21.7 Å². The number of hydrogen-bond donors (Lipinski definition) is 0. The molecule has 0 amide bonds. The number of nitrogens with zero attached hydrogens (tertiary/aromatic N) is 4. The maximum atomic E-state index is 6.50. The Kier molecular flexibility index (Phi) is 5.51. The highest BCUT2D eigenvalue weighted by molar-refractivity contribution is 6.26. The van der Waals surface area contributed by atoms with Crippen LogP contribution in [-0.2, 0) is 0 Å². The maximum Gasteiger partial charge on any atom is 0.146 e. The second kappa shape index (κ2) is 10.0. The molecule has 0 saturated carbocycles. The number of fused-ring (bicyclic) bond motifs is 12. The van der Waals surface area contributed by atoms with E-state index in [1.807, 2.05) is 42.6 Å². The zero-order valence-corrected chi connectivity index (χ0v) is 25.2. The van der Waals surface area contributed by atoms with E-state index in [0.717, 1.165) is 66.9 Å². The van der Waals surface area contributed by atoms with Crippen molar-refractivity contribution in [2.24, 2.45) is 0 Å². The van der Waals surface area contributed by atoms with Crippen LogP contribution < -0.4 is 4.74 Å². The first kappa shape index (κ1) is 25.8. The normalized spacial score (nSPS) is 11.8. The lowest BCUT2D eigenvalue weighted by molar-refractivity contribution is 0.483. The number of benzene rings is 6. The summed E-state index contributed by atoms with van der Waals surface area (Å²) in [5.74, 6) is 1.51. The van der Waals surface area contributed by atoms with Crippen molar-refractivity contribution in [3.63, 3.8) is 0 Å². The Bertz CT molecular complexity index is 2820. The number of pyridine rings is 2. The van der Waals surface area contributed by atoms with Crippen molar-refractivity contribution < 1.29 is 4.74 Å². The Labute approximate surface area is 269 Å². The molecule has 0 fully saturated rings. The molecule has 0 unspecified atom stereocenters. The van der Waals surface area contributed by atoms with Crippen LogP contribution in [0.4, 0.5) is 0 Å². The maximum absolute atomic E-state index is 6.50. The number of rotatable bonds is 4. The largest absolute Gasteiger partial charge is 0.457 e. The van der Waals surface area contributed by atoms with E-state index in [0.29, 0.717) is 0 Å². The molecule has 0 N–H and O–H groups in total. The van der Waals surface area contributed by atoms with Crippen LogP contribution in [0.3, 0.4) is 0 Å². The smallest absolute Gasteiger partial charge is 0.146 e. The number of ether oxygens (including phenoxy) is 1. The van der Waals surface area contributed by atoms with Crippen LogP contribution in [0, 0.1) is 0 Å². The van der Waals surface area contributed by atoms with Crippen LogP contribution in [0.15, 0.2) is 158 Å². The molecule has 10 aromatic rings. The third-order valence-electron chi connectivity index (χ3n) is 9.16. The Hall–Kier alpha value is -6.46. The summed E-state index contributed by atoms with van der Waals surface area (Å²) >= 11 is 0. The molecule has 4 heterocycles. The van der Waals surface area contributed by atoms with Crippen LogP contribution in [0.25, 0.3) is 77.1 Å². The number of para-hydroxylation sites is 4. The lowest BCUT2D eigenvalue weighted by Gasteiger charge is -2.13. The third-order valence-corrected chi connectivity index (χ3v) is 9.16. The highest BCUT2D eigenvalue weighted by atomic mass is 16.5. The summed E-state index contributed by atoms with van der Waals surface area (Å²) in [6, 6.07) is 52.6. The third kappa shape index (κ3) is 3.90. The minimum absolute atomic E-state index is 0.755. The van der Waals surface area contributed by atoms with Gasteiger partial charge in [0.05, 0.1) is 33.3 Å². The standard InChI is InChI=1S/C42H26N4O/c1-2-12-28(13-3-1)45-37-18-6-4-15-33(37)40-39(45)23-22-32-31-21-20-30(47-29-14-10-11-27(25-29)35-16-8-9-24-43-35)26-34(31)42-44-36-17-5-7-19-38(36)46(42)41(32)40/h1-26H. The van der Waals surface area contributed by atoms with Crippen molar-refractivity contribution in [1.29, 1.82) is 0 Å². The number of imidazole rings is 1. The molecule has 5 nitrogen and oxygen atoms in total. The first-order valence-corrected chi connectivity index (χ1v) is 15.8. The highest BCUT2D eigenvalue weighted by Gasteiger charge is 2.21. The van der Waals surface area contributed by atoms with Gasteiger partial charge in [-0.15, -0.1) is 0 Å². The van der Waals surface area contributed by atoms with E-state index in [4.69, 9.17) is 9.72 Å². The molecule has 6 aromatic carbocycles. The fourth-order valence-corrected chi connectivity index (χ4v) is 7.18. The van der Waals surface area contributed by atoms with E-state index in [2.05, 4.69) is 129 Å². The predicted octanol–water partition coefficient (Wildman–Crippen LogP) is 10.7. The van der Waals surface area contributed by atoms with Gasteiger partial charge in [-0.05, 0) is 84.2 Å². The summed E-state index contributed by atoms with van der Waals surface area (Å²) in [5, 5.41) is 5.77. The molecule has 0 spiro atoms. The van der Waals surface area contributed by atoms with E-state index in [1.54, 1.807) is 0 Å². The fourth-order valence-electron chi connectivity index (χ4n) is 7.18. The summed E-state index contributed by atoms with van der Waals surface area (Å²) in [4.78, 5) is 9.75. The van der Waals surface area contributed by atoms with E-state index in [-0.39, 0.29) is 0 Å². The van der Waals surface area contributed by atoms with Crippen LogP contribution in [0.5, 0.6) is 11.5 Å². The van der Waals surface area contributed by atoms with Crippen molar-refractivity contribution >= 4 is 60.2 Å². The topological polar surface area (TPSA) is 44.3 Å². The monoisotopic (exact) mass is 602 g/mol. The SMILES string of the molecule is c1ccc(-n2c3ccccc3c3c2ccc2c4ccc(Oc5cccc(-c6ccccn6)c5)cc4c4nc5ccccc5n4c23)cc1. The minimum Gasteiger partial charge on any atom is -0.457 e. The molecule has 0 atom stereocenters. The average molecular weight is 603 g/mol. The second-order valence-corrected chi connectivity index (χ2v) is 11.9. The Balaban J connectivity index is 1.26. The van der Waals surface area contributed by atoms with Gasteiger partial charge in [0.1, 0.15) is 17.1 Å². The number of aromatic nitrogens is 4. The summed E-state index contributed by atoms with van der Waals surface area (Å²) in [7, 11) is 0. The molecule has 220 valence electrons.